The smallest absolute Gasteiger partial charge is 0.279 e. The van der Waals surface area contributed by atoms with E-state index < -0.39 is 6.04 Å². The highest BCUT2D eigenvalue weighted by Crippen LogP contribution is 2.46. The van der Waals surface area contributed by atoms with E-state index in [0.717, 1.165) is 34.6 Å². The molecule has 0 spiro atoms. The monoisotopic (exact) mass is 506 g/mol. The average Bonchev–Trinajstić information content (AvgIpc) is 3.37. The molecule has 1 amide bonds. The summed E-state index contributed by atoms with van der Waals surface area (Å²) in [4.78, 5) is 20.8. The lowest BCUT2D eigenvalue weighted by atomic mass is 10.0. The quantitative estimate of drug-likeness (QED) is 0.291. The van der Waals surface area contributed by atoms with Crippen LogP contribution in [0.1, 0.15) is 65.5 Å². The fraction of sp³-hybridized carbons (Fsp3) is 0.333. The zero-order chi connectivity index (χ0) is 25.7. The van der Waals surface area contributed by atoms with Gasteiger partial charge in [-0.1, -0.05) is 29.8 Å². The lowest BCUT2D eigenvalue weighted by Crippen LogP contribution is -2.32. The first-order valence-electron chi connectivity index (χ1n) is 12.1. The second kappa shape index (κ2) is 9.28. The molecule has 188 valence electrons. The van der Waals surface area contributed by atoms with Gasteiger partial charge in [0.1, 0.15) is 11.9 Å². The van der Waals surface area contributed by atoms with Crippen molar-refractivity contribution in [1.82, 2.24) is 9.55 Å². The van der Waals surface area contributed by atoms with Crippen LogP contribution in [-0.2, 0) is 4.74 Å². The maximum Gasteiger partial charge on any atom is 0.279 e. The molecule has 36 heavy (non-hydrogen) atoms. The van der Waals surface area contributed by atoms with Gasteiger partial charge in [0.05, 0.1) is 30.3 Å². The summed E-state index contributed by atoms with van der Waals surface area (Å²) in [5.41, 5.74) is 12.5. The summed E-state index contributed by atoms with van der Waals surface area (Å²) in [5, 5.41) is 2.11. The highest BCUT2D eigenvalue weighted by atomic mass is 35.5. The predicted molar refractivity (Wildman–Crippen MR) is 144 cm³/mol. The van der Waals surface area contributed by atoms with Crippen LogP contribution in [0.3, 0.4) is 0 Å². The van der Waals surface area contributed by atoms with Crippen molar-refractivity contribution in [2.75, 3.05) is 35.9 Å². The van der Waals surface area contributed by atoms with Crippen LogP contribution in [0.15, 0.2) is 42.5 Å². The van der Waals surface area contributed by atoms with E-state index >= 15 is 0 Å². The number of ether oxygens (including phenoxy) is 1. The molecule has 3 aromatic rings. The number of carbonyl (C=O) groups is 1. The highest BCUT2D eigenvalue weighted by Gasteiger charge is 2.45. The van der Waals surface area contributed by atoms with Gasteiger partial charge in [-0.3, -0.25) is 9.69 Å². The van der Waals surface area contributed by atoms with Crippen LogP contribution in [0.2, 0.25) is 5.02 Å². The van der Waals surface area contributed by atoms with Gasteiger partial charge >= 0.3 is 0 Å². The number of benzene rings is 2. The molecule has 0 aliphatic carbocycles. The Bertz CT molecular complexity index is 1360. The number of amides is 1. The molecule has 4 N–H and O–H groups in total. The summed E-state index contributed by atoms with van der Waals surface area (Å²) in [6.07, 6.45) is 2.82. The maximum absolute atomic E-state index is 14.1. The number of nitrogens with zero attached hydrogens (tertiary/aromatic N) is 4. The average molecular weight is 507 g/mol. The Morgan fingerprint density at radius 1 is 1.22 bits per heavy atom. The van der Waals surface area contributed by atoms with Crippen LogP contribution in [0.25, 0.3) is 5.57 Å². The third kappa shape index (κ3) is 3.95. The lowest BCUT2D eigenvalue weighted by molar-refractivity contribution is 0.0989. The van der Waals surface area contributed by atoms with E-state index in [0.29, 0.717) is 41.0 Å². The molecule has 0 fully saturated rings. The van der Waals surface area contributed by atoms with Crippen molar-refractivity contribution in [2.24, 2.45) is 5.84 Å². The predicted octanol–water partition coefficient (Wildman–Crippen LogP) is 4.87. The van der Waals surface area contributed by atoms with Gasteiger partial charge in [-0.05, 0) is 68.2 Å². The molecule has 0 radical (unpaired) electrons. The van der Waals surface area contributed by atoms with Gasteiger partial charge < -0.3 is 20.0 Å². The molecule has 1 unspecified atom stereocenters. The Hall–Kier alpha value is -3.33. The SMILES string of the molecule is Cc1cc(N2C(=O)c3nc(C4=CCOCC4)n(C(C)C)c3C2c2ccc(Cl)cc2)cc(N(C)N)c1N. The van der Waals surface area contributed by atoms with Crippen LogP contribution in [-0.4, -0.2) is 35.7 Å². The lowest BCUT2D eigenvalue weighted by Gasteiger charge is -2.30. The van der Waals surface area contributed by atoms with Crippen molar-refractivity contribution in [3.05, 3.63) is 75.8 Å². The Labute approximate surface area is 216 Å². The summed E-state index contributed by atoms with van der Waals surface area (Å²) in [5.74, 6) is 6.76. The number of aromatic nitrogens is 2. The molecule has 0 bridgehead atoms. The first-order valence-corrected chi connectivity index (χ1v) is 12.4. The highest BCUT2D eigenvalue weighted by molar-refractivity contribution is 6.30. The Balaban J connectivity index is 1.75. The number of hydrazine groups is 1. The molecule has 2 aliphatic heterocycles. The number of halogens is 1. The number of fused-ring (bicyclic) bond motifs is 1. The molecule has 2 aromatic carbocycles. The number of hydrogen-bond acceptors (Lipinski definition) is 6. The number of nitrogen functional groups attached to an aromatic ring is 1. The number of aryl methyl sites for hydroxylation is 1. The minimum Gasteiger partial charge on any atom is -0.397 e. The van der Waals surface area contributed by atoms with Crippen molar-refractivity contribution in [1.29, 1.82) is 0 Å². The minimum atomic E-state index is -0.396. The number of nitrogens with two attached hydrogens (primary N) is 2. The second-order valence-corrected chi connectivity index (χ2v) is 10.1. The van der Waals surface area contributed by atoms with Gasteiger partial charge in [-0.25, -0.2) is 10.8 Å². The number of imidazole rings is 1. The Morgan fingerprint density at radius 2 is 1.94 bits per heavy atom. The molecule has 0 saturated carbocycles. The molecular formula is C27H31ClN6O2. The largest absolute Gasteiger partial charge is 0.397 e. The number of rotatable bonds is 5. The first kappa shape index (κ1) is 24.4. The van der Waals surface area contributed by atoms with Gasteiger partial charge in [-0.2, -0.15) is 0 Å². The molecule has 1 aromatic heterocycles. The number of carbonyl (C=O) groups excluding carboxylic acids is 1. The summed E-state index contributed by atoms with van der Waals surface area (Å²) in [7, 11) is 1.73. The summed E-state index contributed by atoms with van der Waals surface area (Å²) in [6, 6.07) is 11.1. The van der Waals surface area contributed by atoms with Gasteiger partial charge in [0.2, 0.25) is 0 Å². The normalized spacial score (nSPS) is 17.5. The molecule has 5 rings (SSSR count). The van der Waals surface area contributed by atoms with Crippen molar-refractivity contribution >= 4 is 40.1 Å². The number of anilines is 3. The van der Waals surface area contributed by atoms with Crippen LogP contribution in [0.4, 0.5) is 17.1 Å². The van der Waals surface area contributed by atoms with Crippen LogP contribution in [0.5, 0.6) is 0 Å². The molecule has 8 nitrogen and oxygen atoms in total. The van der Waals surface area contributed by atoms with E-state index in [4.69, 9.17) is 32.9 Å². The molecular weight excluding hydrogens is 476 g/mol. The van der Waals surface area contributed by atoms with Crippen molar-refractivity contribution in [3.63, 3.8) is 0 Å². The standard InChI is InChI=1S/C27H31ClN6O2/c1-15(2)33-25-23(31-26(33)18-9-11-36-12-10-18)27(35)34(24(25)17-5-7-19(28)8-6-17)20-13-16(3)22(29)21(14-20)32(4)30/h5-9,13-15,24H,10-12,29-30H2,1-4H3. The second-order valence-electron chi connectivity index (χ2n) is 9.62. The summed E-state index contributed by atoms with van der Waals surface area (Å²) in [6.45, 7) is 7.34. The van der Waals surface area contributed by atoms with Crippen LogP contribution >= 0.6 is 11.6 Å². The zero-order valence-corrected chi connectivity index (χ0v) is 21.7. The van der Waals surface area contributed by atoms with E-state index in [1.54, 1.807) is 11.9 Å². The fourth-order valence-electron chi connectivity index (χ4n) is 5.11. The Morgan fingerprint density at radius 3 is 2.56 bits per heavy atom. The Kier molecular flexibility index (Phi) is 6.28. The van der Waals surface area contributed by atoms with E-state index in [-0.39, 0.29) is 11.9 Å². The van der Waals surface area contributed by atoms with Gasteiger partial charge in [0.25, 0.3) is 5.91 Å². The summed E-state index contributed by atoms with van der Waals surface area (Å²) >= 11 is 6.23. The maximum atomic E-state index is 14.1. The van der Waals surface area contributed by atoms with Gasteiger partial charge in [0, 0.05) is 23.8 Å². The summed E-state index contributed by atoms with van der Waals surface area (Å²) < 4.78 is 7.72. The zero-order valence-electron chi connectivity index (χ0n) is 21.0. The van der Waals surface area contributed by atoms with E-state index in [1.165, 1.54) is 5.01 Å². The minimum absolute atomic E-state index is 0.0847. The first-order chi connectivity index (χ1) is 17.2. The van der Waals surface area contributed by atoms with E-state index in [1.807, 2.05) is 43.3 Å². The van der Waals surface area contributed by atoms with Crippen molar-refractivity contribution in [2.45, 2.75) is 39.3 Å². The van der Waals surface area contributed by atoms with Gasteiger partial charge in [0.15, 0.2) is 5.69 Å². The third-order valence-electron chi connectivity index (χ3n) is 6.85. The van der Waals surface area contributed by atoms with E-state index in [2.05, 4.69) is 24.5 Å². The van der Waals surface area contributed by atoms with Crippen molar-refractivity contribution < 1.29 is 9.53 Å². The van der Waals surface area contributed by atoms with Crippen molar-refractivity contribution in [3.8, 4) is 0 Å². The van der Waals surface area contributed by atoms with Gasteiger partial charge in [-0.15, -0.1) is 0 Å². The van der Waals surface area contributed by atoms with Crippen LogP contribution < -0.4 is 21.5 Å². The molecule has 9 heteroatoms. The molecule has 3 heterocycles. The van der Waals surface area contributed by atoms with E-state index in [9.17, 15) is 4.79 Å². The third-order valence-corrected chi connectivity index (χ3v) is 7.10. The molecule has 1 atom stereocenters. The fourth-order valence-corrected chi connectivity index (χ4v) is 5.23. The molecule has 0 saturated heterocycles. The topological polar surface area (TPSA) is 103 Å². The molecule has 2 aliphatic rings. The van der Waals surface area contributed by atoms with Crippen LogP contribution in [0, 0.1) is 6.92 Å². The number of hydrogen-bond donors (Lipinski definition) is 2.